The summed E-state index contributed by atoms with van der Waals surface area (Å²) >= 11 is 8.35. The fraction of sp³-hybridized carbons (Fsp3) is 0.643. The van der Waals surface area contributed by atoms with Gasteiger partial charge in [-0.1, -0.05) is 32.6 Å². The maximum absolute atomic E-state index is 12.0. The van der Waals surface area contributed by atoms with E-state index in [1.54, 1.807) is 0 Å². The summed E-state index contributed by atoms with van der Waals surface area (Å²) in [5.74, 6) is 1.72. The predicted octanol–water partition coefficient (Wildman–Crippen LogP) is 5.22. The monoisotopic (exact) mass is 407 g/mol. The van der Waals surface area contributed by atoms with Crippen LogP contribution in [0.25, 0.3) is 0 Å². The smallest absolute Gasteiger partial charge is 0.253 e. The second kappa shape index (κ2) is 7.23. The van der Waals surface area contributed by atoms with Crippen LogP contribution in [-0.2, 0) is 0 Å². The van der Waals surface area contributed by atoms with Gasteiger partial charge < -0.3 is 5.32 Å². The SMILES string of the molecule is CC1CCC(CCNC(=O)c2cc(Br)sc2Br)CC1. The van der Waals surface area contributed by atoms with E-state index >= 15 is 0 Å². The third-order valence-corrected chi connectivity index (χ3v) is 6.21. The highest BCUT2D eigenvalue weighted by molar-refractivity contribution is 9.12. The van der Waals surface area contributed by atoms with Crippen LogP contribution >= 0.6 is 43.2 Å². The quantitative estimate of drug-likeness (QED) is 0.726. The summed E-state index contributed by atoms with van der Waals surface area (Å²) < 4.78 is 1.87. The molecule has 0 aliphatic heterocycles. The molecule has 5 heteroatoms. The minimum absolute atomic E-state index is 0.0259. The molecule has 1 saturated carbocycles. The third-order valence-electron chi connectivity index (χ3n) is 3.87. The van der Waals surface area contributed by atoms with Gasteiger partial charge in [-0.05, 0) is 56.2 Å². The van der Waals surface area contributed by atoms with Gasteiger partial charge in [0.2, 0.25) is 0 Å². The number of hydrogen-bond acceptors (Lipinski definition) is 2. The highest BCUT2D eigenvalue weighted by Crippen LogP contribution is 2.32. The van der Waals surface area contributed by atoms with Crippen LogP contribution in [0.2, 0.25) is 0 Å². The van der Waals surface area contributed by atoms with Crippen molar-refractivity contribution in [2.45, 2.75) is 39.0 Å². The topological polar surface area (TPSA) is 29.1 Å². The summed E-state index contributed by atoms with van der Waals surface area (Å²) in [6, 6.07) is 1.87. The number of nitrogens with one attached hydrogen (secondary N) is 1. The Morgan fingerprint density at radius 3 is 2.63 bits per heavy atom. The summed E-state index contributed by atoms with van der Waals surface area (Å²) in [6.07, 6.45) is 6.46. The van der Waals surface area contributed by atoms with Gasteiger partial charge >= 0.3 is 0 Å². The van der Waals surface area contributed by atoms with Crippen LogP contribution in [0.4, 0.5) is 0 Å². The molecule has 0 radical (unpaired) electrons. The molecule has 1 aliphatic rings. The zero-order valence-corrected chi connectivity index (χ0v) is 15.0. The van der Waals surface area contributed by atoms with E-state index in [0.29, 0.717) is 0 Å². The Hall–Kier alpha value is 0.130. The van der Waals surface area contributed by atoms with Crippen LogP contribution in [0.1, 0.15) is 49.4 Å². The molecule has 1 N–H and O–H groups in total. The van der Waals surface area contributed by atoms with Crippen molar-refractivity contribution in [1.29, 1.82) is 0 Å². The number of carbonyl (C=O) groups excluding carboxylic acids is 1. The molecule has 1 aliphatic carbocycles. The Labute approximate surface area is 135 Å². The molecule has 106 valence electrons. The van der Waals surface area contributed by atoms with Crippen LogP contribution in [0, 0.1) is 11.8 Å². The van der Waals surface area contributed by atoms with Crippen molar-refractivity contribution < 1.29 is 4.79 Å². The Morgan fingerprint density at radius 2 is 2.05 bits per heavy atom. The van der Waals surface area contributed by atoms with Crippen molar-refractivity contribution in [2.75, 3.05) is 6.54 Å². The van der Waals surface area contributed by atoms with Crippen molar-refractivity contribution in [2.24, 2.45) is 11.8 Å². The summed E-state index contributed by atoms with van der Waals surface area (Å²) in [4.78, 5) is 12.0. The van der Waals surface area contributed by atoms with Crippen LogP contribution in [0.5, 0.6) is 0 Å². The second-order valence-electron chi connectivity index (χ2n) is 5.41. The van der Waals surface area contributed by atoms with E-state index in [9.17, 15) is 4.79 Å². The largest absolute Gasteiger partial charge is 0.352 e. The van der Waals surface area contributed by atoms with E-state index < -0.39 is 0 Å². The zero-order chi connectivity index (χ0) is 13.8. The van der Waals surface area contributed by atoms with Crippen LogP contribution in [0.15, 0.2) is 13.6 Å². The average Bonchev–Trinajstić information content (AvgIpc) is 2.71. The number of rotatable bonds is 4. The summed E-state index contributed by atoms with van der Waals surface area (Å²) in [5, 5.41) is 3.03. The number of thiophene rings is 1. The van der Waals surface area contributed by atoms with Crippen LogP contribution < -0.4 is 5.32 Å². The lowest BCUT2D eigenvalue weighted by atomic mass is 9.81. The lowest BCUT2D eigenvalue weighted by molar-refractivity contribution is 0.0949. The van der Waals surface area contributed by atoms with Crippen molar-refractivity contribution in [1.82, 2.24) is 5.32 Å². The number of halogens is 2. The Morgan fingerprint density at radius 1 is 1.37 bits per heavy atom. The van der Waals surface area contributed by atoms with E-state index in [0.717, 1.165) is 37.9 Å². The molecule has 0 saturated heterocycles. The normalized spacial score (nSPS) is 23.3. The molecule has 19 heavy (non-hydrogen) atoms. The summed E-state index contributed by atoms with van der Waals surface area (Å²) in [7, 11) is 0. The molecule has 0 atom stereocenters. The molecule has 2 nitrogen and oxygen atoms in total. The predicted molar refractivity (Wildman–Crippen MR) is 87.8 cm³/mol. The van der Waals surface area contributed by atoms with Gasteiger partial charge in [0.1, 0.15) is 0 Å². The van der Waals surface area contributed by atoms with Crippen molar-refractivity contribution in [3.63, 3.8) is 0 Å². The first-order valence-corrected chi connectivity index (χ1v) is 9.19. The molecule has 1 aromatic heterocycles. The van der Waals surface area contributed by atoms with Gasteiger partial charge in [0.05, 0.1) is 13.1 Å². The molecule has 0 unspecified atom stereocenters. The molecular weight excluding hydrogens is 390 g/mol. The Balaban J connectivity index is 1.74. The van der Waals surface area contributed by atoms with Crippen LogP contribution in [-0.4, -0.2) is 12.5 Å². The first kappa shape index (κ1) is 15.5. The van der Waals surface area contributed by atoms with Crippen molar-refractivity contribution in [3.05, 3.63) is 19.2 Å². The zero-order valence-electron chi connectivity index (χ0n) is 11.0. The molecule has 0 bridgehead atoms. The standard InChI is InChI=1S/C14H19Br2NOS/c1-9-2-4-10(5-3-9)6-7-17-14(18)11-8-12(15)19-13(11)16/h8-10H,2-7H2,1H3,(H,17,18). The van der Waals surface area contributed by atoms with Gasteiger partial charge in [-0.15, -0.1) is 11.3 Å². The minimum Gasteiger partial charge on any atom is -0.352 e. The van der Waals surface area contributed by atoms with Gasteiger partial charge in [0.15, 0.2) is 0 Å². The minimum atomic E-state index is 0.0259. The molecule has 0 aromatic carbocycles. The van der Waals surface area contributed by atoms with Gasteiger partial charge in [-0.25, -0.2) is 0 Å². The molecule has 0 spiro atoms. The number of amides is 1. The number of hydrogen-bond donors (Lipinski definition) is 1. The van der Waals surface area contributed by atoms with Crippen LogP contribution in [0.3, 0.4) is 0 Å². The first-order valence-electron chi connectivity index (χ1n) is 6.79. The van der Waals surface area contributed by atoms with Crippen molar-refractivity contribution in [3.8, 4) is 0 Å². The molecule has 1 fully saturated rings. The molecule has 1 amide bonds. The Bertz CT molecular complexity index is 439. The summed E-state index contributed by atoms with van der Waals surface area (Å²) in [6.45, 7) is 3.13. The van der Waals surface area contributed by atoms with Gasteiger partial charge in [-0.3, -0.25) is 4.79 Å². The van der Waals surface area contributed by atoms with E-state index in [1.165, 1.54) is 37.0 Å². The molecule has 2 rings (SSSR count). The van der Waals surface area contributed by atoms with E-state index in [1.807, 2.05) is 6.07 Å². The van der Waals surface area contributed by atoms with E-state index in [4.69, 9.17) is 0 Å². The van der Waals surface area contributed by atoms with E-state index in [2.05, 4.69) is 44.1 Å². The highest BCUT2D eigenvalue weighted by atomic mass is 79.9. The van der Waals surface area contributed by atoms with Crippen molar-refractivity contribution >= 4 is 49.1 Å². The van der Waals surface area contributed by atoms with Gasteiger partial charge in [0.25, 0.3) is 5.91 Å². The second-order valence-corrected chi connectivity index (χ2v) is 9.16. The maximum Gasteiger partial charge on any atom is 0.253 e. The molecule has 1 aromatic rings. The van der Waals surface area contributed by atoms with Gasteiger partial charge in [0, 0.05) is 6.54 Å². The lowest BCUT2D eigenvalue weighted by Crippen LogP contribution is -2.26. The molecule has 1 heterocycles. The maximum atomic E-state index is 12.0. The number of carbonyl (C=O) groups is 1. The van der Waals surface area contributed by atoms with E-state index in [-0.39, 0.29) is 5.91 Å². The average molecular weight is 409 g/mol. The lowest BCUT2D eigenvalue weighted by Gasteiger charge is -2.26. The van der Waals surface area contributed by atoms with Gasteiger partial charge in [-0.2, -0.15) is 0 Å². The fourth-order valence-corrected chi connectivity index (χ4v) is 5.39. The Kier molecular flexibility index (Phi) is 5.90. The fourth-order valence-electron chi connectivity index (χ4n) is 2.60. The third kappa shape index (κ3) is 4.57. The highest BCUT2D eigenvalue weighted by Gasteiger charge is 2.18. The molecular formula is C14H19Br2NOS. The first-order chi connectivity index (χ1) is 9.06. The summed E-state index contributed by atoms with van der Waals surface area (Å²) in [5.41, 5.74) is 0.731.